The zero-order chi connectivity index (χ0) is 15.2. The van der Waals surface area contributed by atoms with Gasteiger partial charge in [-0.2, -0.15) is 11.8 Å². The van der Waals surface area contributed by atoms with E-state index in [0.717, 1.165) is 35.6 Å². The smallest absolute Gasteiger partial charge is 0.147 e. The molecule has 2 aromatic rings. The summed E-state index contributed by atoms with van der Waals surface area (Å²) in [6.07, 6.45) is 4.50. The van der Waals surface area contributed by atoms with Crippen LogP contribution in [0, 0.1) is 0 Å². The summed E-state index contributed by atoms with van der Waals surface area (Å²) in [4.78, 5) is 4.73. The van der Waals surface area contributed by atoms with Gasteiger partial charge in [0.1, 0.15) is 17.1 Å². The van der Waals surface area contributed by atoms with Crippen molar-refractivity contribution < 1.29 is 4.74 Å². The molecular weight excluding hydrogens is 304 g/mol. The van der Waals surface area contributed by atoms with Gasteiger partial charge in [-0.05, 0) is 50.8 Å². The molecule has 0 radical (unpaired) electrons. The molecular formula is C16H23ClN2OS. The van der Waals surface area contributed by atoms with Gasteiger partial charge in [0.25, 0.3) is 0 Å². The van der Waals surface area contributed by atoms with Crippen molar-refractivity contribution in [1.29, 1.82) is 0 Å². The molecule has 1 heterocycles. The quantitative estimate of drug-likeness (QED) is 0.511. The highest BCUT2D eigenvalue weighted by molar-refractivity contribution is 7.98. The van der Waals surface area contributed by atoms with E-state index in [4.69, 9.17) is 21.3 Å². The number of unbranched alkanes of at least 4 members (excludes halogenated alkanes) is 1. The van der Waals surface area contributed by atoms with E-state index in [0.29, 0.717) is 6.61 Å². The lowest BCUT2D eigenvalue weighted by molar-refractivity contribution is 0.343. The topological polar surface area (TPSA) is 27.1 Å². The molecule has 0 aliphatic heterocycles. The third kappa shape index (κ3) is 3.86. The molecule has 0 amide bonds. The number of para-hydroxylation sites is 1. The molecule has 21 heavy (non-hydrogen) atoms. The molecule has 5 heteroatoms. The molecule has 1 aromatic carbocycles. The van der Waals surface area contributed by atoms with E-state index in [2.05, 4.69) is 16.9 Å². The first kappa shape index (κ1) is 16.5. The maximum Gasteiger partial charge on any atom is 0.147 e. The fourth-order valence-electron chi connectivity index (χ4n) is 2.47. The van der Waals surface area contributed by atoms with Crippen molar-refractivity contribution in [2.75, 3.05) is 18.6 Å². The highest BCUT2D eigenvalue weighted by Gasteiger charge is 2.17. The van der Waals surface area contributed by atoms with Crippen molar-refractivity contribution in [3.05, 3.63) is 24.0 Å². The minimum Gasteiger partial charge on any atom is -0.492 e. The van der Waals surface area contributed by atoms with Crippen molar-refractivity contribution in [3.8, 4) is 5.75 Å². The molecule has 1 aromatic heterocycles. The molecule has 3 nitrogen and oxygen atoms in total. The number of hydrogen-bond donors (Lipinski definition) is 0. The van der Waals surface area contributed by atoms with Crippen LogP contribution in [0.15, 0.2) is 18.2 Å². The zero-order valence-electron chi connectivity index (χ0n) is 12.9. The minimum absolute atomic E-state index is 0.104. The predicted molar refractivity (Wildman–Crippen MR) is 92.8 cm³/mol. The summed E-state index contributed by atoms with van der Waals surface area (Å²) in [5.41, 5.74) is 2.04. The van der Waals surface area contributed by atoms with Crippen LogP contribution >= 0.6 is 23.4 Å². The molecule has 0 saturated carbocycles. The Labute approximate surface area is 136 Å². The van der Waals surface area contributed by atoms with E-state index in [1.165, 1.54) is 12.2 Å². The average Bonchev–Trinajstić information content (AvgIpc) is 2.84. The van der Waals surface area contributed by atoms with E-state index < -0.39 is 0 Å². The standard InChI is InChI=1S/C16H23ClN2OS/c1-4-20-14-9-7-8-13-15(14)18-16(12(2)17)19(13)10-5-6-11-21-3/h7-9,12H,4-6,10-11H2,1-3H3. The van der Waals surface area contributed by atoms with Gasteiger partial charge in [0.05, 0.1) is 17.5 Å². The van der Waals surface area contributed by atoms with Gasteiger partial charge < -0.3 is 9.30 Å². The van der Waals surface area contributed by atoms with Crippen LogP contribution in [0.2, 0.25) is 0 Å². The van der Waals surface area contributed by atoms with E-state index >= 15 is 0 Å². The summed E-state index contributed by atoms with van der Waals surface area (Å²) in [7, 11) is 0. The molecule has 0 N–H and O–H groups in total. The molecule has 0 saturated heterocycles. The maximum atomic E-state index is 6.32. The van der Waals surface area contributed by atoms with Crippen molar-refractivity contribution in [2.24, 2.45) is 0 Å². The molecule has 0 bridgehead atoms. The molecule has 2 rings (SSSR count). The van der Waals surface area contributed by atoms with Crippen molar-refractivity contribution in [2.45, 2.75) is 38.6 Å². The number of halogens is 1. The van der Waals surface area contributed by atoms with Crippen LogP contribution in [0.3, 0.4) is 0 Å². The number of thioether (sulfide) groups is 1. The lowest BCUT2D eigenvalue weighted by Gasteiger charge is -2.10. The van der Waals surface area contributed by atoms with Gasteiger partial charge in [0.15, 0.2) is 0 Å². The fourth-order valence-corrected chi connectivity index (χ4v) is 3.13. The van der Waals surface area contributed by atoms with Gasteiger partial charge in [-0.15, -0.1) is 11.6 Å². The SMILES string of the molecule is CCOc1cccc2c1nc(C(C)Cl)n2CCCCSC. The highest BCUT2D eigenvalue weighted by atomic mass is 35.5. The summed E-state index contributed by atoms with van der Waals surface area (Å²) in [5.74, 6) is 2.97. The first-order valence-corrected chi connectivity index (χ1v) is 9.27. The van der Waals surface area contributed by atoms with Crippen molar-refractivity contribution in [1.82, 2.24) is 9.55 Å². The van der Waals surface area contributed by atoms with Crippen LogP contribution in [0.25, 0.3) is 11.0 Å². The van der Waals surface area contributed by atoms with Gasteiger partial charge in [0.2, 0.25) is 0 Å². The Morgan fingerprint density at radius 3 is 2.86 bits per heavy atom. The van der Waals surface area contributed by atoms with Gasteiger partial charge in [-0.25, -0.2) is 4.98 Å². The minimum atomic E-state index is -0.104. The zero-order valence-corrected chi connectivity index (χ0v) is 14.5. The van der Waals surface area contributed by atoms with Crippen LogP contribution in [0.4, 0.5) is 0 Å². The first-order valence-electron chi connectivity index (χ1n) is 7.44. The Balaban J connectivity index is 2.36. The summed E-state index contributed by atoms with van der Waals surface area (Å²) in [5, 5.41) is -0.104. The Morgan fingerprint density at radius 1 is 1.38 bits per heavy atom. The monoisotopic (exact) mass is 326 g/mol. The van der Waals surface area contributed by atoms with E-state index in [1.807, 2.05) is 37.7 Å². The second-order valence-corrected chi connectivity index (χ2v) is 6.63. The number of rotatable bonds is 8. The molecule has 1 unspecified atom stereocenters. The molecule has 1 atom stereocenters. The number of ether oxygens (including phenoxy) is 1. The van der Waals surface area contributed by atoms with Crippen LogP contribution in [0.1, 0.15) is 37.9 Å². The number of fused-ring (bicyclic) bond motifs is 1. The van der Waals surface area contributed by atoms with E-state index in [1.54, 1.807) is 0 Å². The molecule has 0 spiro atoms. The Bertz CT molecular complexity index is 583. The number of alkyl halides is 1. The second kappa shape index (κ2) is 7.95. The normalized spacial score (nSPS) is 12.8. The number of benzene rings is 1. The Hall–Kier alpha value is -0.870. The lowest BCUT2D eigenvalue weighted by atomic mass is 10.2. The van der Waals surface area contributed by atoms with Gasteiger partial charge in [-0.1, -0.05) is 6.07 Å². The summed E-state index contributed by atoms with van der Waals surface area (Å²) >= 11 is 8.21. The highest BCUT2D eigenvalue weighted by Crippen LogP contribution is 2.30. The largest absolute Gasteiger partial charge is 0.492 e. The Morgan fingerprint density at radius 2 is 2.19 bits per heavy atom. The molecule has 0 aliphatic rings. The number of imidazole rings is 1. The number of hydrogen-bond acceptors (Lipinski definition) is 3. The molecule has 0 fully saturated rings. The van der Waals surface area contributed by atoms with Gasteiger partial charge >= 0.3 is 0 Å². The second-order valence-electron chi connectivity index (χ2n) is 4.99. The van der Waals surface area contributed by atoms with Crippen LogP contribution in [-0.2, 0) is 6.54 Å². The van der Waals surface area contributed by atoms with Crippen molar-refractivity contribution in [3.63, 3.8) is 0 Å². The van der Waals surface area contributed by atoms with Gasteiger partial charge in [0, 0.05) is 6.54 Å². The third-order valence-corrected chi connectivity index (χ3v) is 4.30. The molecule has 0 aliphatic carbocycles. The first-order chi connectivity index (χ1) is 10.2. The van der Waals surface area contributed by atoms with Crippen molar-refractivity contribution >= 4 is 34.4 Å². The number of aromatic nitrogens is 2. The Kier molecular flexibility index (Phi) is 6.24. The number of aryl methyl sites for hydroxylation is 1. The summed E-state index contributed by atoms with van der Waals surface area (Å²) in [6, 6.07) is 6.10. The van der Waals surface area contributed by atoms with E-state index in [9.17, 15) is 0 Å². The fraction of sp³-hybridized carbons (Fsp3) is 0.562. The summed E-state index contributed by atoms with van der Waals surface area (Å²) in [6.45, 7) is 5.56. The van der Waals surface area contributed by atoms with Gasteiger partial charge in [-0.3, -0.25) is 0 Å². The third-order valence-electron chi connectivity index (χ3n) is 3.41. The van der Waals surface area contributed by atoms with Crippen LogP contribution < -0.4 is 4.74 Å². The molecule has 116 valence electrons. The summed E-state index contributed by atoms with van der Waals surface area (Å²) < 4.78 is 7.93. The average molecular weight is 327 g/mol. The lowest BCUT2D eigenvalue weighted by Crippen LogP contribution is -2.05. The number of nitrogens with zero attached hydrogens (tertiary/aromatic N) is 2. The van der Waals surface area contributed by atoms with Crippen LogP contribution in [-0.4, -0.2) is 28.2 Å². The van der Waals surface area contributed by atoms with Crippen LogP contribution in [0.5, 0.6) is 5.75 Å². The maximum absolute atomic E-state index is 6.32. The van der Waals surface area contributed by atoms with E-state index in [-0.39, 0.29) is 5.38 Å². The predicted octanol–water partition coefficient (Wildman–Crippen LogP) is 4.88.